The highest BCUT2D eigenvalue weighted by Crippen LogP contribution is 2.20. The average Bonchev–Trinajstić information content (AvgIpc) is 3.17. The SMILES string of the molecule is Cc1nn2cccnc2c1C(=O)NS(=O)(=O)C1CCN(C(=O)OC(C)(C)C)C1. The lowest BCUT2D eigenvalue weighted by Gasteiger charge is -2.24. The van der Waals surface area contributed by atoms with Crippen LogP contribution in [0.5, 0.6) is 0 Å². The predicted molar refractivity (Wildman–Crippen MR) is 100 cm³/mol. The molecule has 0 spiro atoms. The van der Waals surface area contributed by atoms with Crippen molar-refractivity contribution in [3.05, 3.63) is 29.7 Å². The van der Waals surface area contributed by atoms with Crippen LogP contribution in [0.3, 0.4) is 0 Å². The van der Waals surface area contributed by atoms with E-state index in [-0.39, 0.29) is 30.7 Å². The highest BCUT2D eigenvalue weighted by molar-refractivity contribution is 7.90. The molecule has 0 bridgehead atoms. The summed E-state index contributed by atoms with van der Waals surface area (Å²) in [7, 11) is -3.99. The molecule has 1 saturated heterocycles. The van der Waals surface area contributed by atoms with Crippen LogP contribution >= 0.6 is 0 Å². The summed E-state index contributed by atoms with van der Waals surface area (Å²) in [6, 6.07) is 1.65. The van der Waals surface area contributed by atoms with Gasteiger partial charge < -0.3 is 9.64 Å². The number of carbonyl (C=O) groups excluding carboxylic acids is 2. The Morgan fingerprint density at radius 3 is 2.71 bits per heavy atom. The first-order valence-electron chi connectivity index (χ1n) is 8.82. The second-order valence-corrected chi connectivity index (χ2v) is 9.62. The first-order valence-corrected chi connectivity index (χ1v) is 10.4. The number of sulfonamides is 1. The minimum atomic E-state index is -3.99. The fourth-order valence-corrected chi connectivity index (χ4v) is 4.32. The van der Waals surface area contributed by atoms with Crippen molar-refractivity contribution in [1.29, 1.82) is 0 Å². The van der Waals surface area contributed by atoms with Gasteiger partial charge in [-0.15, -0.1) is 0 Å². The third-order valence-corrected chi connectivity index (χ3v) is 6.00. The number of nitrogens with one attached hydrogen (secondary N) is 1. The van der Waals surface area contributed by atoms with Gasteiger partial charge in [-0.3, -0.25) is 4.79 Å². The van der Waals surface area contributed by atoms with E-state index in [9.17, 15) is 18.0 Å². The molecule has 28 heavy (non-hydrogen) atoms. The second-order valence-electron chi connectivity index (χ2n) is 7.66. The highest BCUT2D eigenvalue weighted by atomic mass is 32.2. The van der Waals surface area contributed by atoms with Gasteiger partial charge in [0.05, 0.1) is 10.9 Å². The first kappa shape index (κ1) is 20.1. The van der Waals surface area contributed by atoms with Crippen molar-refractivity contribution in [3.63, 3.8) is 0 Å². The van der Waals surface area contributed by atoms with Crippen molar-refractivity contribution in [2.75, 3.05) is 13.1 Å². The van der Waals surface area contributed by atoms with Crippen LogP contribution in [0.1, 0.15) is 43.2 Å². The van der Waals surface area contributed by atoms with Gasteiger partial charge >= 0.3 is 6.09 Å². The van der Waals surface area contributed by atoms with E-state index < -0.39 is 32.9 Å². The number of aromatic nitrogens is 3. The summed E-state index contributed by atoms with van der Waals surface area (Å²) >= 11 is 0. The van der Waals surface area contributed by atoms with Crippen molar-refractivity contribution in [1.82, 2.24) is 24.2 Å². The molecule has 1 aliphatic heterocycles. The topological polar surface area (TPSA) is 123 Å². The summed E-state index contributed by atoms with van der Waals surface area (Å²) in [4.78, 5) is 30.2. The zero-order valence-corrected chi connectivity index (χ0v) is 17.0. The van der Waals surface area contributed by atoms with Crippen molar-refractivity contribution < 1.29 is 22.7 Å². The number of hydrogen-bond acceptors (Lipinski definition) is 7. The van der Waals surface area contributed by atoms with E-state index >= 15 is 0 Å². The normalized spacial score (nSPS) is 17.7. The van der Waals surface area contributed by atoms with Gasteiger partial charge in [0.25, 0.3) is 5.91 Å². The minimum absolute atomic E-state index is 0.0382. The first-order chi connectivity index (χ1) is 13.0. The zero-order chi connectivity index (χ0) is 20.7. The molecule has 2 aromatic rings. The Balaban J connectivity index is 1.73. The monoisotopic (exact) mass is 409 g/mol. The summed E-state index contributed by atoms with van der Waals surface area (Å²) in [6.07, 6.45) is 2.76. The van der Waals surface area contributed by atoms with Crippen molar-refractivity contribution in [2.45, 2.75) is 45.0 Å². The van der Waals surface area contributed by atoms with Gasteiger partial charge in [-0.05, 0) is 40.2 Å². The second kappa shape index (κ2) is 7.04. The van der Waals surface area contributed by atoms with E-state index in [0.29, 0.717) is 5.69 Å². The Hall–Kier alpha value is -2.69. The summed E-state index contributed by atoms with van der Waals surface area (Å²) in [6.45, 7) is 7.03. The Kier molecular flexibility index (Phi) is 5.04. The van der Waals surface area contributed by atoms with Gasteiger partial charge in [0.1, 0.15) is 11.2 Å². The maximum Gasteiger partial charge on any atom is 0.410 e. The Bertz CT molecular complexity index is 1020. The molecule has 2 amide bonds. The van der Waals surface area contributed by atoms with Crippen molar-refractivity contribution in [2.24, 2.45) is 0 Å². The standard InChI is InChI=1S/C17H23N5O5S/c1-11-13(14-18-7-5-8-22(14)19-11)15(23)20-28(25,26)12-6-9-21(10-12)16(24)27-17(2,3)4/h5,7-8,12H,6,9-10H2,1-4H3,(H,20,23). The van der Waals surface area contributed by atoms with Gasteiger partial charge in [-0.25, -0.2) is 27.4 Å². The molecule has 0 radical (unpaired) electrons. The van der Waals surface area contributed by atoms with E-state index in [1.807, 2.05) is 0 Å². The number of amides is 2. The lowest BCUT2D eigenvalue weighted by atomic mass is 10.2. The number of likely N-dealkylation sites (tertiary alicyclic amines) is 1. The molecule has 3 heterocycles. The molecular formula is C17H23N5O5S. The summed E-state index contributed by atoms with van der Waals surface area (Å²) in [5.41, 5.74) is 0.0740. The molecule has 2 aromatic heterocycles. The molecule has 0 aliphatic carbocycles. The highest BCUT2D eigenvalue weighted by Gasteiger charge is 2.38. The van der Waals surface area contributed by atoms with Crippen molar-refractivity contribution >= 4 is 27.7 Å². The molecule has 1 atom stereocenters. The van der Waals surface area contributed by atoms with Gasteiger partial charge in [0, 0.05) is 25.5 Å². The molecule has 10 nitrogen and oxygen atoms in total. The fourth-order valence-electron chi connectivity index (χ4n) is 3.00. The lowest BCUT2D eigenvalue weighted by Crippen LogP contribution is -2.41. The number of nitrogens with zero attached hydrogens (tertiary/aromatic N) is 4. The Labute approximate surface area is 162 Å². The maximum atomic E-state index is 12.7. The number of aryl methyl sites for hydroxylation is 1. The fraction of sp³-hybridized carbons (Fsp3) is 0.529. The van der Waals surface area contributed by atoms with Crippen LogP contribution in [0.4, 0.5) is 4.79 Å². The molecule has 1 N–H and O–H groups in total. The van der Waals surface area contributed by atoms with Crippen LogP contribution in [0.25, 0.3) is 5.65 Å². The minimum Gasteiger partial charge on any atom is -0.444 e. The van der Waals surface area contributed by atoms with Crippen LogP contribution in [-0.4, -0.2) is 63.9 Å². The zero-order valence-electron chi connectivity index (χ0n) is 16.2. The molecule has 1 unspecified atom stereocenters. The number of ether oxygens (including phenoxy) is 1. The van der Waals surface area contributed by atoms with Crippen molar-refractivity contribution in [3.8, 4) is 0 Å². The van der Waals surface area contributed by atoms with Gasteiger partial charge in [-0.1, -0.05) is 0 Å². The third kappa shape index (κ3) is 4.08. The van der Waals surface area contributed by atoms with E-state index in [0.717, 1.165) is 0 Å². The molecule has 3 rings (SSSR count). The number of carbonyl (C=O) groups is 2. The number of hydrogen-bond donors (Lipinski definition) is 1. The molecule has 11 heteroatoms. The van der Waals surface area contributed by atoms with E-state index in [1.54, 1.807) is 40.0 Å². The third-order valence-electron chi connectivity index (χ3n) is 4.27. The summed E-state index contributed by atoms with van der Waals surface area (Å²) in [5, 5.41) is 3.26. The van der Waals surface area contributed by atoms with Crippen LogP contribution in [-0.2, 0) is 14.8 Å². The quantitative estimate of drug-likeness (QED) is 0.805. The molecule has 152 valence electrons. The average molecular weight is 409 g/mol. The largest absolute Gasteiger partial charge is 0.444 e. The van der Waals surface area contributed by atoms with Gasteiger partial charge in [-0.2, -0.15) is 5.10 Å². The summed E-state index contributed by atoms with van der Waals surface area (Å²) < 4.78 is 34.1. The molecule has 0 aromatic carbocycles. The van der Waals surface area contributed by atoms with Crippen LogP contribution in [0.15, 0.2) is 18.5 Å². The molecule has 1 aliphatic rings. The number of fused-ring (bicyclic) bond motifs is 1. The Morgan fingerprint density at radius 2 is 2.04 bits per heavy atom. The number of rotatable bonds is 3. The van der Waals surface area contributed by atoms with E-state index in [4.69, 9.17) is 4.74 Å². The smallest absolute Gasteiger partial charge is 0.410 e. The predicted octanol–water partition coefficient (Wildman–Crippen LogP) is 1.11. The van der Waals surface area contributed by atoms with E-state index in [1.165, 1.54) is 15.6 Å². The van der Waals surface area contributed by atoms with Gasteiger partial charge in [0.15, 0.2) is 5.65 Å². The summed E-state index contributed by atoms with van der Waals surface area (Å²) in [5.74, 6) is -0.790. The van der Waals surface area contributed by atoms with Crippen LogP contribution in [0, 0.1) is 6.92 Å². The van der Waals surface area contributed by atoms with E-state index in [2.05, 4.69) is 14.8 Å². The maximum absolute atomic E-state index is 12.7. The Morgan fingerprint density at radius 1 is 1.32 bits per heavy atom. The van der Waals surface area contributed by atoms with Gasteiger partial charge in [0.2, 0.25) is 10.0 Å². The molecule has 1 fully saturated rings. The van der Waals surface area contributed by atoms with Crippen LogP contribution < -0.4 is 4.72 Å². The van der Waals surface area contributed by atoms with Crippen LogP contribution in [0.2, 0.25) is 0 Å². The lowest BCUT2D eigenvalue weighted by molar-refractivity contribution is 0.0295. The molecule has 0 saturated carbocycles. The molecular weight excluding hydrogens is 386 g/mol.